The van der Waals surface area contributed by atoms with Crippen LogP contribution in [-0.2, 0) is 4.57 Å². The van der Waals surface area contributed by atoms with E-state index >= 15 is 0 Å². The Bertz CT molecular complexity index is 144. The summed E-state index contributed by atoms with van der Waals surface area (Å²) < 4.78 is 10.3. The van der Waals surface area contributed by atoms with E-state index in [2.05, 4.69) is 5.73 Å². The van der Waals surface area contributed by atoms with Gasteiger partial charge in [-0.25, -0.2) is 0 Å². The third-order valence-electron chi connectivity index (χ3n) is 1.71. The molecule has 0 bridgehead atoms. The fourth-order valence-electron chi connectivity index (χ4n) is 0.584. The predicted octanol–water partition coefficient (Wildman–Crippen LogP) is -1.49. The molecular formula is C5H13NO3P-. The SMILES string of the molecule is CC[C@@H](C)[C@H]([NH3+])P(=O)([O-])[O-]. The van der Waals surface area contributed by atoms with Crippen molar-refractivity contribution in [3.63, 3.8) is 0 Å². The lowest BCUT2D eigenvalue weighted by Gasteiger charge is -2.35. The molecule has 0 unspecified atom stereocenters. The zero-order valence-electron chi connectivity index (χ0n) is 6.24. The van der Waals surface area contributed by atoms with Gasteiger partial charge in [-0.15, -0.1) is 0 Å². The Labute approximate surface area is 60.6 Å². The van der Waals surface area contributed by atoms with Gasteiger partial charge < -0.3 is 20.1 Å². The number of hydrogen-bond acceptors (Lipinski definition) is 3. The zero-order chi connectivity index (χ0) is 8.36. The highest BCUT2D eigenvalue weighted by molar-refractivity contribution is 7.49. The molecule has 0 aromatic heterocycles. The topological polar surface area (TPSA) is 90.8 Å². The minimum atomic E-state index is -4.44. The highest BCUT2D eigenvalue weighted by atomic mass is 31.2. The number of rotatable bonds is 3. The molecule has 3 N–H and O–H groups in total. The lowest BCUT2D eigenvalue weighted by molar-refractivity contribution is -0.439. The molecule has 5 heteroatoms. The lowest BCUT2D eigenvalue weighted by atomic mass is 10.1. The van der Waals surface area contributed by atoms with Gasteiger partial charge in [-0.3, -0.25) is 0 Å². The van der Waals surface area contributed by atoms with Crippen molar-refractivity contribution in [2.45, 2.75) is 26.1 Å². The van der Waals surface area contributed by atoms with Gasteiger partial charge in [-0.1, -0.05) is 13.8 Å². The van der Waals surface area contributed by atoms with Crippen LogP contribution in [0.3, 0.4) is 0 Å². The van der Waals surface area contributed by atoms with Crippen LogP contribution >= 0.6 is 7.60 Å². The normalized spacial score (nSPS) is 18.5. The van der Waals surface area contributed by atoms with Crippen LogP contribution in [0.2, 0.25) is 0 Å². The molecule has 0 amide bonds. The first-order chi connectivity index (χ1) is 4.39. The maximum absolute atomic E-state index is 10.3. The van der Waals surface area contributed by atoms with Crippen LogP contribution in [0.5, 0.6) is 0 Å². The van der Waals surface area contributed by atoms with Crippen molar-refractivity contribution < 1.29 is 20.1 Å². The van der Waals surface area contributed by atoms with E-state index in [1.165, 1.54) is 0 Å². The quantitative estimate of drug-likeness (QED) is 0.518. The van der Waals surface area contributed by atoms with Crippen LogP contribution in [0.15, 0.2) is 0 Å². The Morgan fingerprint density at radius 2 is 2.00 bits per heavy atom. The van der Waals surface area contributed by atoms with Crippen LogP contribution in [-0.4, -0.2) is 5.78 Å². The smallest absolute Gasteiger partial charge is 0.112 e. The molecule has 4 nitrogen and oxygen atoms in total. The second-order valence-corrected chi connectivity index (χ2v) is 4.24. The zero-order valence-corrected chi connectivity index (χ0v) is 7.14. The molecule has 0 spiro atoms. The lowest BCUT2D eigenvalue weighted by Crippen LogP contribution is -2.66. The molecule has 0 rings (SSSR count). The molecule has 0 aromatic rings. The summed E-state index contributed by atoms with van der Waals surface area (Å²) in [6.45, 7) is 3.54. The van der Waals surface area contributed by atoms with Crippen molar-refractivity contribution in [1.29, 1.82) is 0 Å². The minimum Gasteiger partial charge on any atom is -0.807 e. The Balaban J connectivity index is 4.08. The molecule has 0 heterocycles. The Kier molecular flexibility index (Phi) is 3.52. The highest BCUT2D eigenvalue weighted by Crippen LogP contribution is 2.31. The van der Waals surface area contributed by atoms with Crippen LogP contribution < -0.4 is 15.5 Å². The molecule has 0 aliphatic rings. The average Bonchev–Trinajstić information content (AvgIpc) is 1.83. The Morgan fingerprint density at radius 1 is 1.60 bits per heavy atom. The van der Waals surface area contributed by atoms with Crippen molar-refractivity contribution in [2.75, 3.05) is 0 Å². The van der Waals surface area contributed by atoms with E-state index in [1.54, 1.807) is 6.92 Å². The van der Waals surface area contributed by atoms with Gasteiger partial charge >= 0.3 is 0 Å². The van der Waals surface area contributed by atoms with Gasteiger partial charge in [0.25, 0.3) is 0 Å². The number of hydrogen-bond donors (Lipinski definition) is 1. The van der Waals surface area contributed by atoms with Crippen molar-refractivity contribution in [3.05, 3.63) is 0 Å². The maximum atomic E-state index is 10.3. The Morgan fingerprint density at radius 3 is 2.10 bits per heavy atom. The molecule has 0 aliphatic carbocycles. The summed E-state index contributed by atoms with van der Waals surface area (Å²) >= 11 is 0. The van der Waals surface area contributed by atoms with E-state index < -0.39 is 13.4 Å². The van der Waals surface area contributed by atoms with Crippen LogP contribution in [0.4, 0.5) is 0 Å². The van der Waals surface area contributed by atoms with E-state index in [0.717, 1.165) is 0 Å². The van der Waals surface area contributed by atoms with Crippen LogP contribution in [0, 0.1) is 5.92 Å². The fraction of sp³-hybridized carbons (Fsp3) is 1.00. The third-order valence-corrected chi connectivity index (χ3v) is 3.03. The standard InChI is InChI=1S/C5H14NO3P/c1-3-4(2)5(6)10(7,8)9/h4-5H,3,6H2,1-2H3,(H2,7,8,9)/p-1/t4-,5-/m1/s1. The largest absolute Gasteiger partial charge is 0.807 e. The van der Waals surface area contributed by atoms with E-state index in [-0.39, 0.29) is 5.92 Å². The van der Waals surface area contributed by atoms with Crippen molar-refractivity contribution in [3.8, 4) is 0 Å². The highest BCUT2D eigenvalue weighted by Gasteiger charge is 2.17. The van der Waals surface area contributed by atoms with Gasteiger partial charge in [0.2, 0.25) is 0 Å². The molecule has 2 atom stereocenters. The number of quaternary nitrogens is 1. The summed E-state index contributed by atoms with van der Waals surface area (Å²) in [5.41, 5.74) is 3.29. The first-order valence-electron chi connectivity index (χ1n) is 3.24. The van der Waals surface area contributed by atoms with Crippen molar-refractivity contribution >= 4 is 7.60 Å². The van der Waals surface area contributed by atoms with E-state index in [9.17, 15) is 14.4 Å². The van der Waals surface area contributed by atoms with E-state index in [4.69, 9.17) is 0 Å². The average molecular weight is 166 g/mol. The summed E-state index contributed by atoms with van der Waals surface area (Å²) in [4.78, 5) is 20.7. The molecule has 0 fully saturated rings. The van der Waals surface area contributed by atoms with Gasteiger partial charge in [0, 0.05) is 5.92 Å². The summed E-state index contributed by atoms with van der Waals surface area (Å²) in [5.74, 6) is -1.11. The van der Waals surface area contributed by atoms with Crippen molar-refractivity contribution in [2.24, 2.45) is 5.92 Å². The molecule has 0 aliphatic heterocycles. The molecule has 0 saturated heterocycles. The van der Waals surface area contributed by atoms with E-state index in [0.29, 0.717) is 6.42 Å². The predicted molar refractivity (Wildman–Crippen MR) is 33.7 cm³/mol. The second kappa shape index (κ2) is 3.49. The summed E-state index contributed by atoms with van der Waals surface area (Å²) in [5, 5.41) is 0. The van der Waals surface area contributed by atoms with Crippen LogP contribution in [0.1, 0.15) is 20.3 Å². The van der Waals surface area contributed by atoms with Crippen molar-refractivity contribution in [1.82, 2.24) is 0 Å². The molecule has 0 aromatic carbocycles. The minimum absolute atomic E-state index is 0.138. The fourth-order valence-corrected chi connectivity index (χ4v) is 1.42. The first kappa shape index (κ1) is 10.1. The maximum Gasteiger partial charge on any atom is 0.112 e. The van der Waals surface area contributed by atoms with Gasteiger partial charge in [-0.2, -0.15) is 0 Å². The molecule has 10 heavy (non-hydrogen) atoms. The molecule has 0 saturated carbocycles. The molecule has 0 radical (unpaired) electrons. The third kappa shape index (κ3) is 2.80. The van der Waals surface area contributed by atoms with E-state index in [1.807, 2.05) is 6.92 Å². The van der Waals surface area contributed by atoms with Gasteiger partial charge in [0.1, 0.15) is 5.78 Å². The van der Waals surface area contributed by atoms with Gasteiger partial charge in [0.05, 0.1) is 0 Å². The van der Waals surface area contributed by atoms with Gasteiger partial charge in [-0.05, 0) is 14.0 Å². The second-order valence-electron chi connectivity index (χ2n) is 2.49. The summed E-state index contributed by atoms with van der Waals surface area (Å²) in [6.07, 6.45) is 0.669. The first-order valence-corrected chi connectivity index (χ1v) is 4.85. The summed E-state index contributed by atoms with van der Waals surface area (Å²) in [7, 11) is -4.44. The monoisotopic (exact) mass is 166 g/mol. The van der Waals surface area contributed by atoms with Crippen LogP contribution in [0.25, 0.3) is 0 Å². The Hall–Kier alpha value is 0.110. The molecular weight excluding hydrogens is 153 g/mol. The molecule has 62 valence electrons. The van der Waals surface area contributed by atoms with Gasteiger partial charge in [0.15, 0.2) is 0 Å². The summed E-state index contributed by atoms with van der Waals surface area (Å²) in [6, 6.07) is 0.